The minimum absolute atomic E-state index is 0.0835. The number of aromatic nitrogens is 4. The maximum absolute atomic E-state index is 10.7. The van der Waals surface area contributed by atoms with Crippen LogP contribution in [0.5, 0.6) is 0 Å². The highest BCUT2D eigenvalue weighted by molar-refractivity contribution is 5.84. The van der Waals surface area contributed by atoms with Crippen molar-refractivity contribution in [2.24, 2.45) is 0 Å². The Morgan fingerprint density at radius 1 is 0.921 bits per heavy atom. The van der Waals surface area contributed by atoms with Gasteiger partial charge in [-0.15, -0.1) is 0 Å². The summed E-state index contributed by atoms with van der Waals surface area (Å²) in [6, 6.07) is 20.7. The van der Waals surface area contributed by atoms with Crippen LogP contribution in [0.25, 0.3) is 11.2 Å². The third-order valence-electron chi connectivity index (χ3n) is 7.47. The first-order valence-electron chi connectivity index (χ1n) is 13.1. The molecule has 0 spiro atoms. The van der Waals surface area contributed by atoms with Crippen molar-refractivity contribution in [1.82, 2.24) is 19.5 Å². The second kappa shape index (κ2) is 10.7. The van der Waals surface area contributed by atoms with Crippen molar-refractivity contribution in [3.05, 3.63) is 78.1 Å². The number of benzene rings is 2. The number of hydrogen-bond acceptors (Lipinski definition) is 9. The summed E-state index contributed by atoms with van der Waals surface area (Å²) in [4.78, 5) is 16.4. The number of hydrogen-bond donors (Lipinski definition) is 4. The van der Waals surface area contributed by atoms with Crippen molar-refractivity contribution in [2.75, 3.05) is 36.5 Å². The van der Waals surface area contributed by atoms with Crippen LogP contribution in [0.4, 0.5) is 11.8 Å². The Labute approximate surface area is 220 Å². The maximum Gasteiger partial charge on any atom is 0.229 e. The summed E-state index contributed by atoms with van der Waals surface area (Å²) in [6.07, 6.45) is -0.566. The van der Waals surface area contributed by atoms with E-state index in [2.05, 4.69) is 39.5 Å². The molecule has 4 aromatic rings. The van der Waals surface area contributed by atoms with Gasteiger partial charge in [0, 0.05) is 25.6 Å². The number of aliphatic hydroxyl groups is 3. The van der Waals surface area contributed by atoms with E-state index in [9.17, 15) is 15.3 Å². The number of anilines is 2. The summed E-state index contributed by atoms with van der Waals surface area (Å²) in [6.45, 7) is 1.91. The van der Waals surface area contributed by atoms with E-state index in [0.29, 0.717) is 29.5 Å². The van der Waals surface area contributed by atoms with Gasteiger partial charge in [-0.1, -0.05) is 60.7 Å². The fraction of sp³-hybridized carbons (Fsp3) is 0.393. The van der Waals surface area contributed by atoms with E-state index in [4.69, 9.17) is 14.7 Å². The molecule has 2 aromatic carbocycles. The van der Waals surface area contributed by atoms with Gasteiger partial charge < -0.3 is 30.3 Å². The zero-order chi connectivity index (χ0) is 26.1. The first-order valence-corrected chi connectivity index (χ1v) is 13.1. The smallest absolute Gasteiger partial charge is 0.229 e. The average Bonchev–Trinajstić information content (AvgIpc) is 3.70. The van der Waals surface area contributed by atoms with E-state index in [1.54, 1.807) is 10.9 Å². The van der Waals surface area contributed by atoms with Crippen molar-refractivity contribution in [1.29, 1.82) is 0 Å². The zero-order valence-electron chi connectivity index (χ0n) is 21.0. The molecular formula is C28H32N6O4. The number of rotatable bonds is 8. The molecule has 0 amide bonds. The average molecular weight is 517 g/mol. The molecule has 4 N–H and O–H groups in total. The molecule has 2 saturated heterocycles. The molecule has 0 bridgehead atoms. The Morgan fingerprint density at radius 3 is 2.18 bits per heavy atom. The van der Waals surface area contributed by atoms with Crippen LogP contribution in [0.1, 0.15) is 36.1 Å². The molecule has 4 atom stereocenters. The van der Waals surface area contributed by atoms with Gasteiger partial charge in [-0.3, -0.25) is 4.57 Å². The van der Waals surface area contributed by atoms with Crippen LogP contribution in [0.3, 0.4) is 0 Å². The van der Waals surface area contributed by atoms with Crippen LogP contribution in [0.2, 0.25) is 0 Å². The van der Waals surface area contributed by atoms with E-state index >= 15 is 0 Å². The number of aliphatic hydroxyl groups excluding tert-OH is 3. The van der Waals surface area contributed by atoms with Crippen molar-refractivity contribution in [2.45, 2.75) is 43.3 Å². The van der Waals surface area contributed by atoms with Crippen molar-refractivity contribution >= 4 is 22.9 Å². The Morgan fingerprint density at radius 2 is 1.58 bits per heavy atom. The van der Waals surface area contributed by atoms with Gasteiger partial charge in [0.2, 0.25) is 5.95 Å². The summed E-state index contributed by atoms with van der Waals surface area (Å²) < 4.78 is 7.41. The Kier molecular flexibility index (Phi) is 6.94. The minimum atomic E-state index is -1.23. The van der Waals surface area contributed by atoms with Gasteiger partial charge in [0.05, 0.1) is 12.9 Å². The molecule has 10 nitrogen and oxygen atoms in total. The third-order valence-corrected chi connectivity index (χ3v) is 7.47. The molecule has 4 heterocycles. The normalized spacial score (nSPS) is 23.5. The molecule has 6 rings (SSSR count). The molecule has 2 aliphatic rings. The second-order valence-corrected chi connectivity index (χ2v) is 9.87. The highest BCUT2D eigenvalue weighted by atomic mass is 16.6. The molecule has 2 fully saturated rings. The summed E-state index contributed by atoms with van der Waals surface area (Å²) in [5.41, 5.74) is 3.42. The first kappa shape index (κ1) is 24.7. The number of ether oxygens (including phenoxy) is 1. The Hall–Kier alpha value is -3.57. The number of nitrogens with one attached hydrogen (secondary N) is 1. The summed E-state index contributed by atoms with van der Waals surface area (Å²) in [5, 5.41) is 34.1. The van der Waals surface area contributed by atoms with E-state index in [-0.39, 0.29) is 5.92 Å². The van der Waals surface area contributed by atoms with Crippen molar-refractivity contribution in [3.63, 3.8) is 0 Å². The van der Waals surface area contributed by atoms with Crippen LogP contribution >= 0.6 is 0 Å². The third kappa shape index (κ3) is 4.60. The lowest BCUT2D eigenvalue weighted by Crippen LogP contribution is -2.33. The largest absolute Gasteiger partial charge is 0.394 e. The van der Waals surface area contributed by atoms with E-state index < -0.39 is 31.1 Å². The predicted molar refractivity (Wildman–Crippen MR) is 143 cm³/mol. The van der Waals surface area contributed by atoms with E-state index in [1.807, 2.05) is 36.4 Å². The number of fused-ring (bicyclic) bond motifs is 1. The van der Waals surface area contributed by atoms with Gasteiger partial charge in [-0.25, -0.2) is 4.98 Å². The maximum atomic E-state index is 10.7. The fourth-order valence-corrected chi connectivity index (χ4v) is 5.38. The zero-order valence-corrected chi connectivity index (χ0v) is 21.0. The summed E-state index contributed by atoms with van der Waals surface area (Å²) >= 11 is 0. The molecule has 0 radical (unpaired) electrons. The fourth-order valence-electron chi connectivity index (χ4n) is 5.38. The summed E-state index contributed by atoms with van der Waals surface area (Å²) in [7, 11) is 0. The van der Waals surface area contributed by atoms with Gasteiger partial charge in [-0.05, 0) is 24.0 Å². The SMILES string of the molecule is OC[C@H]1O[C@@H](n2cnc3c(NCC(c4ccccc4)c4ccccc4)nc(N4CCCC4)nc32)[C@H](O)[C@@H]1O. The summed E-state index contributed by atoms with van der Waals surface area (Å²) in [5.74, 6) is 1.27. The predicted octanol–water partition coefficient (Wildman–Crippen LogP) is 2.28. The quantitative estimate of drug-likeness (QED) is 0.279. The van der Waals surface area contributed by atoms with Crippen LogP contribution in [0.15, 0.2) is 67.0 Å². The van der Waals surface area contributed by atoms with E-state index in [0.717, 1.165) is 25.9 Å². The topological polar surface area (TPSA) is 129 Å². The highest BCUT2D eigenvalue weighted by Gasteiger charge is 2.44. The number of imidazole rings is 1. The standard InChI is InChI=1S/C28H32N6O4/c35-16-21-23(36)24(37)27(38-21)34-17-30-22-25(31-28(32-26(22)34)33-13-7-8-14-33)29-15-20(18-9-3-1-4-10-18)19-11-5-2-6-12-19/h1-6,9-12,17,20-21,23-24,27,35-37H,7-8,13-16H2,(H,29,31,32)/t21-,23-,24-,27-/m1/s1. The van der Waals surface area contributed by atoms with Crippen LogP contribution in [0, 0.1) is 0 Å². The van der Waals surface area contributed by atoms with Crippen molar-refractivity contribution in [3.8, 4) is 0 Å². The van der Waals surface area contributed by atoms with Gasteiger partial charge in [-0.2, -0.15) is 9.97 Å². The van der Waals surface area contributed by atoms with Gasteiger partial charge in [0.15, 0.2) is 23.2 Å². The lowest BCUT2D eigenvalue weighted by Gasteiger charge is -2.21. The lowest BCUT2D eigenvalue weighted by atomic mass is 9.91. The van der Waals surface area contributed by atoms with Crippen LogP contribution in [-0.4, -0.2) is 79.4 Å². The molecule has 38 heavy (non-hydrogen) atoms. The first-order chi connectivity index (χ1) is 18.6. The monoisotopic (exact) mass is 516 g/mol. The lowest BCUT2D eigenvalue weighted by molar-refractivity contribution is -0.0511. The molecule has 2 aromatic heterocycles. The van der Waals surface area contributed by atoms with E-state index in [1.165, 1.54) is 11.1 Å². The minimum Gasteiger partial charge on any atom is -0.394 e. The molecule has 198 valence electrons. The number of nitrogens with zero attached hydrogens (tertiary/aromatic N) is 5. The second-order valence-electron chi connectivity index (χ2n) is 9.87. The molecule has 0 aliphatic carbocycles. The Bertz CT molecular complexity index is 1320. The van der Waals surface area contributed by atoms with Gasteiger partial charge in [0.25, 0.3) is 0 Å². The highest BCUT2D eigenvalue weighted by Crippen LogP contribution is 2.34. The molecule has 0 unspecified atom stereocenters. The van der Waals surface area contributed by atoms with Gasteiger partial charge in [0.1, 0.15) is 18.3 Å². The Balaban J connectivity index is 1.38. The van der Waals surface area contributed by atoms with Gasteiger partial charge >= 0.3 is 0 Å². The van der Waals surface area contributed by atoms with Crippen LogP contribution < -0.4 is 10.2 Å². The molecule has 2 aliphatic heterocycles. The molecular weight excluding hydrogens is 484 g/mol. The van der Waals surface area contributed by atoms with Crippen LogP contribution in [-0.2, 0) is 4.74 Å². The van der Waals surface area contributed by atoms with Crippen molar-refractivity contribution < 1.29 is 20.1 Å². The molecule has 10 heteroatoms. The molecule has 0 saturated carbocycles.